The lowest BCUT2D eigenvalue weighted by Gasteiger charge is -2.18. The fraction of sp³-hybridized carbons (Fsp3) is 0. The van der Waals surface area contributed by atoms with E-state index in [2.05, 4.69) is 610 Å². The van der Waals surface area contributed by atoms with E-state index in [1.165, 1.54) is 242 Å². The summed E-state index contributed by atoms with van der Waals surface area (Å²) in [6.07, 6.45) is 0. The van der Waals surface area contributed by atoms with Gasteiger partial charge in [0.25, 0.3) is 0 Å². The molecule has 0 atom stereocenters. The van der Waals surface area contributed by atoms with Crippen LogP contribution >= 0.6 is 0 Å². The van der Waals surface area contributed by atoms with Crippen molar-refractivity contribution in [1.82, 2.24) is 27.4 Å². The molecule has 0 aliphatic carbocycles. The second-order valence-corrected chi connectivity index (χ2v) is 38.9. The van der Waals surface area contributed by atoms with E-state index in [4.69, 9.17) is 0 Å². The van der Waals surface area contributed by atoms with Gasteiger partial charge in [0.15, 0.2) is 0 Å². The molecule has 6 nitrogen and oxygen atoms in total. The van der Waals surface area contributed by atoms with E-state index in [1.54, 1.807) is 0 Å². The summed E-state index contributed by atoms with van der Waals surface area (Å²) in [7, 11) is 0. The standard InChI is InChI=1S/3C48H32N2/c1-3-14-34(15-4-1)38-21-13-25-47(48(38)35-16-5-2-6-17-35)50-45-24-12-9-20-41(45)42-32-36(28-31-46(42)50)33-26-29-37(30-27-33)49-43-22-10-7-18-39(43)40-19-8-11-23-44(40)49;1-3-13-33(14-4-1)36-25-29-47(42(31-36)35-15-5-2-6-16-35)50-46-22-12-9-19-41(46)43-32-37(26-30-48(43)50)34-23-27-38(28-24-34)49-44-20-10-7-17-39(44)40-18-8-11-21-45(40)49;1-3-13-33(14-4-1)37-29-38(34-15-5-2-6-16-34)31-40(30-37)50-47-22-12-9-19-43(47)44-28-25-36(32-48(44)50)35-23-26-39(27-24-35)49-45-20-10-7-17-41(45)42-18-8-11-21-46(42)49/h3*1-32H. The number of aromatic nitrogens is 6. The van der Waals surface area contributed by atoms with Crippen molar-refractivity contribution >= 4 is 131 Å². The molecule has 0 spiro atoms. The van der Waals surface area contributed by atoms with Crippen LogP contribution in [-0.4, -0.2) is 27.4 Å². The van der Waals surface area contributed by atoms with Gasteiger partial charge in [0.05, 0.1) is 77.6 Å². The van der Waals surface area contributed by atoms with Crippen LogP contribution in [0.4, 0.5) is 0 Å². The SMILES string of the molecule is c1ccc(-c2cc(-c3ccccc3)cc(-n3c4ccccc4c4ccc(-c5ccc(-n6c7ccccc7c7ccccc76)cc5)cc43)c2)cc1.c1ccc(-c2ccc(-n3c4ccccc4c4cc(-c5ccc(-n6c7ccccc7c7ccccc76)cc5)ccc43)c(-c3ccccc3)c2)cc1.c1ccc(-c2cccc(-n3c4ccccc4c4cc(-c5ccc(-n6c7ccccc7c7ccccc76)cc5)ccc43)c2-c2ccccc2)cc1. The number of fused-ring (bicyclic) bond motifs is 18. The molecule has 0 aliphatic heterocycles. The topological polar surface area (TPSA) is 29.6 Å². The maximum absolute atomic E-state index is 2.45. The largest absolute Gasteiger partial charge is 0.309 e. The van der Waals surface area contributed by atoms with E-state index in [1.807, 2.05) is 0 Å². The summed E-state index contributed by atoms with van der Waals surface area (Å²) < 4.78 is 14.5. The normalized spacial score (nSPS) is 11.6. The van der Waals surface area contributed by atoms with Crippen molar-refractivity contribution in [2.45, 2.75) is 0 Å². The molecule has 6 heteroatoms. The Morgan fingerprint density at radius 2 is 0.333 bits per heavy atom. The number of nitrogens with zero attached hydrogens (tertiary/aromatic N) is 6. The maximum Gasteiger partial charge on any atom is 0.0547 e. The summed E-state index contributed by atoms with van der Waals surface area (Å²) in [4.78, 5) is 0. The van der Waals surface area contributed by atoms with Crippen LogP contribution in [0.5, 0.6) is 0 Å². The zero-order valence-electron chi connectivity index (χ0n) is 82.1. The molecule has 0 fully saturated rings. The minimum atomic E-state index is 1.15. The van der Waals surface area contributed by atoms with Crippen molar-refractivity contribution in [3.8, 4) is 134 Å². The molecule has 0 saturated carbocycles. The molecular weight excluding hydrogens is 1810 g/mol. The van der Waals surface area contributed by atoms with Crippen molar-refractivity contribution < 1.29 is 0 Å². The number of para-hydroxylation sites is 9. The van der Waals surface area contributed by atoms with Crippen LogP contribution in [0.3, 0.4) is 0 Å². The first-order chi connectivity index (χ1) is 74.4. The van der Waals surface area contributed by atoms with Gasteiger partial charge in [-0.25, -0.2) is 0 Å². The number of hydrogen-bond donors (Lipinski definition) is 0. The number of benzene rings is 24. The van der Waals surface area contributed by atoms with E-state index in [0.29, 0.717) is 0 Å². The van der Waals surface area contributed by atoms with E-state index in [9.17, 15) is 0 Å². The summed E-state index contributed by atoms with van der Waals surface area (Å²) in [6.45, 7) is 0. The van der Waals surface area contributed by atoms with Crippen LogP contribution in [-0.2, 0) is 0 Å². The third kappa shape index (κ3) is 15.4. The minimum Gasteiger partial charge on any atom is -0.309 e. The van der Waals surface area contributed by atoms with Gasteiger partial charge >= 0.3 is 0 Å². The molecule has 702 valence electrons. The molecule has 0 radical (unpaired) electrons. The quantitative estimate of drug-likeness (QED) is 0.0979. The van der Waals surface area contributed by atoms with Crippen LogP contribution in [0.1, 0.15) is 0 Å². The summed E-state index contributed by atoms with van der Waals surface area (Å²) in [6, 6.07) is 211. The lowest BCUT2D eigenvalue weighted by atomic mass is 9.93. The Bertz CT molecular complexity index is 10200. The molecule has 0 aliphatic rings. The monoisotopic (exact) mass is 1910 g/mol. The van der Waals surface area contributed by atoms with Gasteiger partial charge in [0.1, 0.15) is 0 Å². The predicted octanol–water partition coefficient (Wildman–Crippen LogP) is 38.6. The van der Waals surface area contributed by atoms with Crippen LogP contribution in [0.15, 0.2) is 582 Å². The Hall–Kier alpha value is -19.9. The first-order valence-corrected chi connectivity index (χ1v) is 51.6. The van der Waals surface area contributed by atoms with Gasteiger partial charge in [-0.05, 0) is 247 Å². The van der Waals surface area contributed by atoms with Gasteiger partial charge in [-0.15, -0.1) is 0 Å². The van der Waals surface area contributed by atoms with E-state index < -0.39 is 0 Å². The second-order valence-electron chi connectivity index (χ2n) is 38.9. The summed E-state index contributed by atoms with van der Waals surface area (Å²) in [5.41, 5.74) is 43.2. The van der Waals surface area contributed by atoms with Crippen molar-refractivity contribution in [2.24, 2.45) is 0 Å². The van der Waals surface area contributed by atoms with Gasteiger partial charge in [-0.3, -0.25) is 0 Å². The average molecular weight is 1910 g/mol. The van der Waals surface area contributed by atoms with Crippen molar-refractivity contribution in [3.63, 3.8) is 0 Å². The summed E-state index contributed by atoms with van der Waals surface area (Å²) >= 11 is 0. The molecule has 0 amide bonds. The molecule has 0 unspecified atom stereocenters. The van der Waals surface area contributed by atoms with Crippen LogP contribution in [0.2, 0.25) is 0 Å². The molecule has 0 bridgehead atoms. The zero-order chi connectivity index (χ0) is 99.1. The van der Waals surface area contributed by atoms with Crippen molar-refractivity contribution in [2.75, 3.05) is 0 Å². The Morgan fingerprint density at radius 1 is 0.0933 bits per heavy atom. The molecule has 24 aromatic carbocycles. The zero-order valence-corrected chi connectivity index (χ0v) is 82.1. The average Bonchev–Trinajstić information content (AvgIpc) is 1.58. The van der Waals surface area contributed by atoms with Crippen molar-refractivity contribution in [3.05, 3.63) is 582 Å². The number of hydrogen-bond acceptors (Lipinski definition) is 0. The van der Waals surface area contributed by atoms with Crippen LogP contribution in [0, 0.1) is 0 Å². The first-order valence-electron chi connectivity index (χ1n) is 51.6. The molecule has 0 saturated heterocycles. The molecule has 30 rings (SSSR count). The molecule has 6 heterocycles. The summed E-state index contributed by atoms with van der Waals surface area (Å²) in [5.74, 6) is 0. The van der Waals surface area contributed by atoms with Gasteiger partial charge in [0, 0.05) is 98.5 Å². The maximum atomic E-state index is 2.45. The molecule has 150 heavy (non-hydrogen) atoms. The fourth-order valence-corrected chi connectivity index (χ4v) is 23.5. The summed E-state index contributed by atoms with van der Waals surface area (Å²) in [5, 5.41) is 15.1. The highest BCUT2D eigenvalue weighted by Gasteiger charge is 2.25. The lowest BCUT2D eigenvalue weighted by Crippen LogP contribution is -1.99. The second kappa shape index (κ2) is 37.4. The van der Waals surface area contributed by atoms with Gasteiger partial charge in [0.2, 0.25) is 0 Å². The predicted molar refractivity (Wildman–Crippen MR) is 634 cm³/mol. The Morgan fingerprint density at radius 3 is 0.693 bits per heavy atom. The Kier molecular flexibility index (Phi) is 21.9. The minimum absolute atomic E-state index is 1.15. The van der Waals surface area contributed by atoms with Gasteiger partial charge in [-0.1, -0.05) is 425 Å². The first kappa shape index (κ1) is 87.8. The van der Waals surface area contributed by atoms with Crippen LogP contribution < -0.4 is 0 Å². The number of rotatable bonds is 15. The highest BCUT2D eigenvalue weighted by atomic mass is 15.0. The Balaban J connectivity index is 0.000000108. The lowest BCUT2D eigenvalue weighted by molar-refractivity contribution is 1.18. The third-order valence-electron chi connectivity index (χ3n) is 30.4. The van der Waals surface area contributed by atoms with Gasteiger partial charge in [-0.2, -0.15) is 0 Å². The van der Waals surface area contributed by atoms with E-state index in [0.717, 1.165) is 22.7 Å². The molecular formula is C144H96N6. The highest BCUT2D eigenvalue weighted by molar-refractivity contribution is 6.17. The van der Waals surface area contributed by atoms with E-state index in [-0.39, 0.29) is 0 Å². The highest BCUT2D eigenvalue weighted by Crippen LogP contribution is 2.48. The van der Waals surface area contributed by atoms with Crippen molar-refractivity contribution in [1.29, 1.82) is 0 Å². The molecule has 0 N–H and O–H groups in total. The molecule has 6 aromatic heterocycles. The van der Waals surface area contributed by atoms with Gasteiger partial charge < -0.3 is 27.4 Å². The smallest absolute Gasteiger partial charge is 0.0547 e. The van der Waals surface area contributed by atoms with E-state index >= 15 is 0 Å². The fourth-order valence-electron chi connectivity index (χ4n) is 23.5. The van der Waals surface area contributed by atoms with Crippen LogP contribution in [0.25, 0.3) is 265 Å². The Labute approximate surface area is 868 Å². The molecule has 30 aromatic rings. The third-order valence-corrected chi connectivity index (χ3v) is 30.4.